The Morgan fingerprint density at radius 3 is 2.56 bits per heavy atom. The van der Waals surface area contributed by atoms with E-state index in [1.807, 2.05) is 0 Å². The molecular weight excluding hydrogens is 591 g/mol. The van der Waals surface area contributed by atoms with E-state index in [1.165, 1.54) is 22.7 Å². The molecule has 0 aliphatic rings. The van der Waals surface area contributed by atoms with E-state index in [4.69, 9.17) is 42.2 Å². The van der Waals surface area contributed by atoms with Crippen LogP contribution in [-0.4, -0.2) is 42.5 Å². The van der Waals surface area contributed by atoms with Crippen molar-refractivity contribution in [3.05, 3.63) is 50.7 Å². The van der Waals surface area contributed by atoms with Gasteiger partial charge in [0.2, 0.25) is 5.82 Å². The van der Waals surface area contributed by atoms with Gasteiger partial charge in [-0.15, -0.1) is 0 Å². The molecule has 180 valence electrons. The van der Waals surface area contributed by atoms with Crippen molar-refractivity contribution in [3.8, 4) is 28.7 Å². The zero-order valence-electron chi connectivity index (χ0n) is 16.4. The van der Waals surface area contributed by atoms with Crippen LogP contribution in [0.1, 0.15) is 5.56 Å². The first kappa shape index (κ1) is 25.1. The topological polar surface area (TPSA) is 115 Å². The van der Waals surface area contributed by atoms with Crippen LogP contribution >= 0.6 is 47.7 Å². The van der Waals surface area contributed by atoms with E-state index in [2.05, 4.69) is 35.6 Å². The lowest BCUT2D eigenvalue weighted by Gasteiger charge is -2.10. The number of halogens is 6. The van der Waals surface area contributed by atoms with Gasteiger partial charge in [-0.3, -0.25) is 0 Å². The standard InChI is InChI=1S/C18H11BrCl2F3N4O5P/c19-10-3-8(18(22,23)24)6-28-7-13(25-16(10)28)17-26-15(27-33-17)9-4-12(21)14(5-11(9)20)31-1-2-32-34(29)30/h3-7,29-30H,1-2H2. The molecule has 0 fully saturated rings. The van der Waals surface area contributed by atoms with Crippen LogP contribution in [0.4, 0.5) is 13.2 Å². The Hall–Kier alpha value is -1.99. The Bertz CT molecular complexity index is 1350. The second kappa shape index (κ2) is 9.94. The maximum Gasteiger partial charge on any atom is 0.417 e. The van der Waals surface area contributed by atoms with E-state index in [-0.39, 0.29) is 56.5 Å². The van der Waals surface area contributed by atoms with Gasteiger partial charge in [-0.25, -0.2) is 4.98 Å². The van der Waals surface area contributed by atoms with Crippen LogP contribution in [-0.2, 0) is 10.7 Å². The van der Waals surface area contributed by atoms with Crippen molar-refractivity contribution in [1.29, 1.82) is 0 Å². The average Bonchev–Trinajstić information content (AvgIpc) is 3.39. The molecule has 0 bridgehead atoms. The number of hydrogen-bond acceptors (Lipinski definition) is 8. The molecule has 0 saturated heterocycles. The first-order valence-electron chi connectivity index (χ1n) is 9.05. The lowest BCUT2D eigenvalue weighted by molar-refractivity contribution is -0.137. The van der Waals surface area contributed by atoms with Gasteiger partial charge in [-0.1, -0.05) is 28.4 Å². The average molecular weight is 602 g/mol. The largest absolute Gasteiger partial charge is 0.490 e. The number of fused-ring (bicyclic) bond motifs is 1. The monoisotopic (exact) mass is 600 g/mol. The minimum absolute atomic E-state index is 0.0127. The highest BCUT2D eigenvalue weighted by molar-refractivity contribution is 9.10. The number of benzene rings is 1. The molecule has 1 aromatic carbocycles. The predicted molar refractivity (Wildman–Crippen MR) is 119 cm³/mol. The Kier molecular flexibility index (Phi) is 7.34. The smallest absolute Gasteiger partial charge is 0.417 e. The zero-order valence-corrected chi connectivity index (χ0v) is 20.4. The highest BCUT2D eigenvalue weighted by atomic mass is 79.9. The molecule has 3 heterocycles. The van der Waals surface area contributed by atoms with Gasteiger partial charge in [0.1, 0.15) is 18.1 Å². The molecule has 0 aliphatic carbocycles. The summed E-state index contributed by atoms with van der Waals surface area (Å²) < 4.78 is 55.8. The number of ether oxygens (including phenoxy) is 1. The number of hydrogen-bond donors (Lipinski definition) is 2. The molecule has 34 heavy (non-hydrogen) atoms. The number of rotatable bonds is 7. The molecule has 16 heteroatoms. The van der Waals surface area contributed by atoms with Crippen LogP contribution in [0.25, 0.3) is 28.6 Å². The number of aromatic nitrogens is 4. The van der Waals surface area contributed by atoms with Crippen molar-refractivity contribution < 1.29 is 36.7 Å². The SMILES string of the molecule is OP(O)OCCOc1cc(Cl)c(-c2noc(-c3cn4cc(C(F)(F)F)cc(Br)c4n3)n2)cc1Cl. The summed E-state index contributed by atoms with van der Waals surface area (Å²) in [6.45, 7) is -0.0938. The van der Waals surface area contributed by atoms with Gasteiger partial charge in [0.25, 0.3) is 5.89 Å². The fourth-order valence-electron chi connectivity index (χ4n) is 2.83. The van der Waals surface area contributed by atoms with Crippen molar-refractivity contribution in [2.45, 2.75) is 6.18 Å². The molecule has 0 radical (unpaired) electrons. The fraction of sp³-hybridized carbons (Fsp3) is 0.167. The van der Waals surface area contributed by atoms with Crippen LogP contribution in [0, 0.1) is 0 Å². The van der Waals surface area contributed by atoms with Crippen molar-refractivity contribution in [1.82, 2.24) is 19.5 Å². The number of imidazole rings is 1. The van der Waals surface area contributed by atoms with Crippen LogP contribution < -0.4 is 4.74 Å². The molecule has 0 saturated carbocycles. The van der Waals surface area contributed by atoms with Crippen LogP contribution in [0.15, 0.2) is 39.6 Å². The fourth-order valence-corrected chi connectivity index (χ4v) is 4.07. The van der Waals surface area contributed by atoms with Crippen LogP contribution in [0.2, 0.25) is 10.0 Å². The highest BCUT2D eigenvalue weighted by Gasteiger charge is 2.32. The third-order valence-electron chi connectivity index (χ3n) is 4.29. The summed E-state index contributed by atoms with van der Waals surface area (Å²) in [5, 5.41) is 4.19. The van der Waals surface area contributed by atoms with Gasteiger partial charge >= 0.3 is 14.8 Å². The van der Waals surface area contributed by atoms with E-state index in [1.54, 1.807) is 0 Å². The molecule has 0 aliphatic heterocycles. The van der Waals surface area contributed by atoms with Crippen molar-refractivity contribution >= 4 is 53.4 Å². The van der Waals surface area contributed by atoms with E-state index in [0.717, 1.165) is 12.3 Å². The van der Waals surface area contributed by atoms with E-state index >= 15 is 0 Å². The van der Waals surface area contributed by atoms with Crippen LogP contribution in [0.3, 0.4) is 0 Å². The zero-order chi connectivity index (χ0) is 24.6. The maximum absolute atomic E-state index is 13.1. The van der Waals surface area contributed by atoms with E-state index < -0.39 is 20.3 Å². The second-order valence-electron chi connectivity index (χ2n) is 6.55. The lowest BCUT2D eigenvalue weighted by Crippen LogP contribution is -2.06. The molecule has 4 aromatic rings. The second-order valence-corrected chi connectivity index (χ2v) is 8.98. The predicted octanol–water partition coefficient (Wildman–Crippen LogP) is 5.75. The minimum Gasteiger partial charge on any atom is -0.490 e. The molecule has 9 nitrogen and oxygen atoms in total. The molecule has 2 N–H and O–H groups in total. The summed E-state index contributed by atoms with van der Waals surface area (Å²) in [5.74, 6) is 0.233. The highest BCUT2D eigenvalue weighted by Crippen LogP contribution is 2.37. The van der Waals surface area contributed by atoms with Crippen molar-refractivity contribution in [2.75, 3.05) is 13.2 Å². The normalized spacial score (nSPS) is 12.1. The Morgan fingerprint density at radius 2 is 1.85 bits per heavy atom. The molecule has 4 rings (SSSR count). The summed E-state index contributed by atoms with van der Waals surface area (Å²) in [4.78, 5) is 25.9. The van der Waals surface area contributed by atoms with Gasteiger partial charge in [0, 0.05) is 24.0 Å². The van der Waals surface area contributed by atoms with Gasteiger partial charge in [0.05, 0.1) is 26.7 Å². The Balaban J connectivity index is 1.59. The van der Waals surface area contributed by atoms with E-state index in [9.17, 15) is 13.2 Å². The van der Waals surface area contributed by atoms with Gasteiger partial charge in [0.15, 0.2) is 5.65 Å². The lowest BCUT2D eigenvalue weighted by atomic mass is 10.2. The van der Waals surface area contributed by atoms with Crippen molar-refractivity contribution in [3.63, 3.8) is 0 Å². The van der Waals surface area contributed by atoms with Gasteiger partial charge in [-0.05, 0) is 28.1 Å². The van der Waals surface area contributed by atoms with Crippen molar-refractivity contribution in [2.24, 2.45) is 0 Å². The number of nitrogens with zero attached hydrogens (tertiary/aromatic N) is 4. The van der Waals surface area contributed by atoms with Gasteiger partial charge in [-0.2, -0.15) is 18.2 Å². The maximum atomic E-state index is 13.1. The molecule has 0 amide bonds. The molecular formula is C18H11BrCl2F3N4O5P. The third-order valence-corrected chi connectivity index (χ3v) is 5.89. The first-order valence-corrected chi connectivity index (χ1v) is 11.8. The number of alkyl halides is 3. The third kappa shape index (κ3) is 5.46. The molecule has 0 spiro atoms. The Morgan fingerprint density at radius 1 is 1.09 bits per heavy atom. The summed E-state index contributed by atoms with van der Waals surface area (Å²) in [6.07, 6.45) is -2.31. The first-order chi connectivity index (χ1) is 16.0. The summed E-state index contributed by atoms with van der Waals surface area (Å²) >= 11 is 15.6. The van der Waals surface area contributed by atoms with Crippen LogP contribution in [0.5, 0.6) is 5.75 Å². The van der Waals surface area contributed by atoms with Gasteiger partial charge < -0.3 is 28.0 Å². The molecule has 0 atom stereocenters. The minimum atomic E-state index is -4.53. The summed E-state index contributed by atoms with van der Waals surface area (Å²) in [5.41, 5.74) is -0.174. The molecule has 0 unspecified atom stereocenters. The number of pyridine rings is 1. The van der Waals surface area contributed by atoms with E-state index in [0.29, 0.717) is 5.56 Å². The summed E-state index contributed by atoms with van der Waals surface area (Å²) in [6, 6.07) is 3.78. The Labute approximate surface area is 208 Å². The molecule has 3 aromatic heterocycles. The quantitative estimate of drug-likeness (QED) is 0.203. The summed E-state index contributed by atoms with van der Waals surface area (Å²) in [7, 11) is -2.49.